The van der Waals surface area contributed by atoms with Crippen molar-refractivity contribution in [1.29, 1.82) is 0 Å². The Morgan fingerprint density at radius 3 is 2.72 bits per heavy atom. The molecular formula is C12H16N2O4. The monoisotopic (exact) mass is 252 g/mol. The topological polar surface area (TPSA) is 92.5 Å². The number of nitro benzene ring substituents is 1. The van der Waals surface area contributed by atoms with Crippen molar-refractivity contribution < 1.29 is 14.8 Å². The van der Waals surface area contributed by atoms with Crippen molar-refractivity contribution in [2.24, 2.45) is 5.41 Å². The van der Waals surface area contributed by atoms with E-state index in [1.165, 1.54) is 12.1 Å². The summed E-state index contributed by atoms with van der Waals surface area (Å²) in [6, 6.07) is 6.26. The van der Waals surface area contributed by atoms with Gasteiger partial charge < -0.3 is 10.4 Å². The molecule has 0 saturated carbocycles. The highest BCUT2D eigenvalue weighted by molar-refractivity contribution is 5.73. The van der Waals surface area contributed by atoms with Crippen LogP contribution in [0.4, 0.5) is 5.69 Å². The van der Waals surface area contributed by atoms with Crippen LogP contribution >= 0.6 is 0 Å². The maximum Gasteiger partial charge on any atom is 0.310 e. The van der Waals surface area contributed by atoms with E-state index in [2.05, 4.69) is 5.32 Å². The number of hydrogen-bond donors (Lipinski definition) is 2. The molecule has 0 atom stereocenters. The second-order valence-corrected chi connectivity index (χ2v) is 4.72. The number of non-ortho nitro benzene ring substituents is 1. The molecule has 0 fully saturated rings. The van der Waals surface area contributed by atoms with Crippen molar-refractivity contribution in [3.63, 3.8) is 0 Å². The molecule has 0 unspecified atom stereocenters. The second kappa shape index (κ2) is 5.59. The summed E-state index contributed by atoms with van der Waals surface area (Å²) in [5.41, 5.74) is -0.0713. The lowest BCUT2D eigenvalue weighted by atomic mass is 9.94. The van der Waals surface area contributed by atoms with Crippen LogP contribution in [0.25, 0.3) is 0 Å². The van der Waals surface area contributed by atoms with Gasteiger partial charge in [0.05, 0.1) is 10.3 Å². The van der Waals surface area contributed by atoms with Crippen molar-refractivity contribution in [1.82, 2.24) is 5.32 Å². The SMILES string of the molecule is CC(C)(CNCc1cccc([N+](=O)[O-])c1)C(=O)O. The summed E-state index contributed by atoms with van der Waals surface area (Å²) in [6.07, 6.45) is 0. The van der Waals surface area contributed by atoms with Gasteiger partial charge in [-0.15, -0.1) is 0 Å². The molecule has 0 aliphatic rings. The molecule has 2 N–H and O–H groups in total. The van der Waals surface area contributed by atoms with Crippen LogP contribution in [-0.2, 0) is 11.3 Å². The number of carbonyl (C=O) groups is 1. The zero-order valence-electron chi connectivity index (χ0n) is 10.3. The smallest absolute Gasteiger partial charge is 0.310 e. The van der Waals surface area contributed by atoms with Crippen molar-refractivity contribution in [3.05, 3.63) is 39.9 Å². The molecule has 6 nitrogen and oxygen atoms in total. The van der Waals surface area contributed by atoms with Gasteiger partial charge in [0.15, 0.2) is 0 Å². The van der Waals surface area contributed by atoms with E-state index in [1.807, 2.05) is 0 Å². The van der Waals surface area contributed by atoms with Gasteiger partial charge in [-0.3, -0.25) is 14.9 Å². The van der Waals surface area contributed by atoms with E-state index in [1.54, 1.807) is 26.0 Å². The fourth-order valence-corrected chi connectivity index (χ4v) is 1.37. The number of carboxylic acids is 1. The fraction of sp³-hybridized carbons (Fsp3) is 0.417. The van der Waals surface area contributed by atoms with Crippen molar-refractivity contribution in [3.8, 4) is 0 Å². The molecule has 0 saturated heterocycles. The van der Waals surface area contributed by atoms with Gasteiger partial charge in [-0.1, -0.05) is 12.1 Å². The van der Waals surface area contributed by atoms with Crippen molar-refractivity contribution in [2.75, 3.05) is 6.54 Å². The lowest BCUT2D eigenvalue weighted by Crippen LogP contribution is -2.35. The molecule has 0 aromatic heterocycles. The average Bonchev–Trinajstić information content (AvgIpc) is 2.29. The molecule has 1 aromatic carbocycles. The van der Waals surface area contributed by atoms with E-state index in [0.717, 1.165) is 5.56 Å². The molecule has 0 bridgehead atoms. The first-order valence-electron chi connectivity index (χ1n) is 5.50. The third-order valence-electron chi connectivity index (χ3n) is 2.60. The third-order valence-corrected chi connectivity index (χ3v) is 2.60. The van der Waals surface area contributed by atoms with E-state index in [-0.39, 0.29) is 5.69 Å². The Bertz CT molecular complexity index is 457. The molecule has 0 amide bonds. The molecule has 0 radical (unpaired) electrons. The van der Waals surface area contributed by atoms with Crippen LogP contribution in [0.3, 0.4) is 0 Å². The highest BCUT2D eigenvalue weighted by Gasteiger charge is 2.26. The first-order valence-corrected chi connectivity index (χ1v) is 5.50. The minimum absolute atomic E-state index is 0.0341. The molecule has 0 aliphatic heterocycles. The molecule has 1 rings (SSSR count). The van der Waals surface area contributed by atoms with Crippen LogP contribution in [0.15, 0.2) is 24.3 Å². The average molecular weight is 252 g/mol. The summed E-state index contributed by atoms with van der Waals surface area (Å²) < 4.78 is 0. The molecule has 0 spiro atoms. The fourth-order valence-electron chi connectivity index (χ4n) is 1.37. The summed E-state index contributed by atoms with van der Waals surface area (Å²) >= 11 is 0. The minimum Gasteiger partial charge on any atom is -0.481 e. The van der Waals surface area contributed by atoms with E-state index in [9.17, 15) is 14.9 Å². The number of hydrogen-bond acceptors (Lipinski definition) is 4. The Morgan fingerprint density at radius 2 is 2.17 bits per heavy atom. The molecular weight excluding hydrogens is 236 g/mol. The highest BCUT2D eigenvalue weighted by Crippen LogP contribution is 2.15. The Balaban J connectivity index is 2.57. The number of nitro groups is 1. The van der Waals surface area contributed by atoms with E-state index < -0.39 is 16.3 Å². The van der Waals surface area contributed by atoms with Gasteiger partial charge in [-0.25, -0.2) is 0 Å². The van der Waals surface area contributed by atoms with Crippen LogP contribution in [0.2, 0.25) is 0 Å². The van der Waals surface area contributed by atoms with Gasteiger partial charge in [-0.05, 0) is 19.4 Å². The molecule has 18 heavy (non-hydrogen) atoms. The predicted octanol–water partition coefficient (Wildman–Crippen LogP) is 1.80. The number of aliphatic carboxylic acids is 1. The van der Waals surface area contributed by atoms with Crippen molar-refractivity contribution >= 4 is 11.7 Å². The molecule has 1 aromatic rings. The summed E-state index contributed by atoms with van der Waals surface area (Å²) in [5, 5.41) is 22.5. The third kappa shape index (κ3) is 3.81. The summed E-state index contributed by atoms with van der Waals surface area (Å²) in [7, 11) is 0. The number of rotatable bonds is 6. The van der Waals surface area contributed by atoms with Crippen LogP contribution in [0, 0.1) is 15.5 Å². The van der Waals surface area contributed by atoms with Gasteiger partial charge in [0.25, 0.3) is 5.69 Å². The minimum atomic E-state index is -0.881. The largest absolute Gasteiger partial charge is 0.481 e. The lowest BCUT2D eigenvalue weighted by molar-refractivity contribution is -0.384. The highest BCUT2D eigenvalue weighted by atomic mass is 16.6. The summed E-state index contributed by atoms with van der Waals surface area (Å²) in [5.74, 6) is -0.881. The van der Waals surface area contributed by atoms with Crippen LogP contribution in [-0.4, -0.2) is 22.5 Å². The zero-order valence-corrected chi connectivity index (χ0v) is 10.3. The second-order valence-electron chi connectivity index (χ2n) is 4.72. The molecule has 0 aliphatic carbocycles. The lowest BCUT2D eigenvalue weighted by Gasteiger charge is -2.19. The zero-order chi connectivity index (χ0) is 13.8. The van der Waals surface area contributed by atoms with Gasteiger partial charge >= 0.3 is 5.97 Å². The number of nitrogens with one attached hydrogen (secondary N) is 1. The van der Waals surface area contributed by atoms with Gasteiger partial charge in [0.1, 0.15) is 0 Å². The number of benzene rings is 1. The molecule has 98 valence electrons. The van der Waals surface area contributed by atoms with Gasteiger partial charge in [-0.2, -0.15) is 0 Å². The normalized spacial score (nSPS) is 11.2. The molecule has 0 heterocycles. The Kier molecular flexibility index (Phi) is 4.38. The van der Waals surface area contributed by atoms with Crippen LogP contribution in [0.5, 0.6) is 0 Å². The quantitative estimate of drug-likeness (QED) is 0.594. The standard InChI is InChI=1S/C12H16N2O4/c1-12(2,11(15)16)8-13-7-9-4-3-5-10(6-9)14(17)18/h3-6,13H,7-8H2,1-2H3,(H,15,16). The first-order chi connectivity index (χ1) is 8.33. The van der Waals surface area contributed by atoms with Crippen molar-refractivity contribution in [2.45, 2.75) is 20.4 Å². The van der Waals surface area contributed by atoms with E-state index in [4.69, 9.17) is 5.11 Å². The first kappa shape index (κ1) is 14.1. The predicted molar refractivity (Wildman–Crippen MR) is 66.2 cm³/mol. The van der Waals surface area contributed by atoms with Crippen LogP contribution in [0.1, 0.15) is 19.4 Å². The summed E-state index contributed by atoms with van der Waals surface area (Å²) in [4.78, 5) is 21.0. The maximum absolute atomic E-state index is 10.9. The number of carboxylic acid groups (broad SMARTS) is 1. The maximum atomic E-state index is 10.9. The van der Waals surface area contributed by atoms with Crippen LogP contribution < -0.4 is 5.32 Å². The molecule has 6 heteroatoms. The van der Waals surface area contributed by atoms with E-state index >= 15 is 0 Å². The van der Waals surface area contributed by atoms with E-state index in [0.29, 0.717) is 13.1 Å². The Hall–Kier alpha value is -1.95. The Labute approximate surface area is 105 Å². The van der Waals surface area contributed by atoms with Gasteiger partial charge in [0, 0.05) is 25.2 Å². The summed E-state index contributed by atoms with van der Waals surface area (Å²) in [6.45, 7) is 3.94. The number of nitrogens with zero attached hydrogens (tertiary/aromatic N) is 1. The van der Waals surface area contributed by atoms with Gasteiger partial charge in [0.2, 0.25) is 0 Å². The Morgan fingerprint density at radius 1 is 1.50 bits per heavy atom.